The maximum absolute atomic E-state index is 13.8. The van der Waals surface area contributed by atoms with E-state index in [0.29, 0.717) is 24.9 Å². The number of hydrogen-bond donors (Lipinski definition) is 1. The minimum Gasteiger partial charge on any atom is -0.500 e. The highest BCUT2D eigenvalue weighted by Crippen LogP contribution is 2.38. The number of ether oxygens (including phenoxy) is 2. The topological polar surface area (TPSA) is 118 Å². The van der Waals surface area contributed by atoms with Crippen LogP contribution in [-0.2, 0) is 32.2 Å². The maximum Gasteiger partial charge on any atom is 0.419 e. The summed E-state index contributed by atoms with van der Waals surface area (Å²) >= 11 is 0. The van der Waals surface area contributed by atoms with Gasteiger partial charge in [-0.1, -0.05) is 12.1 Å². The van der Waals surface area contributed by atoms with Crippen LogP contribution in [-0.4, -0.2) is 86.5 Å². The van der Waals surface area contributed by atoms with Gasteiger partial charge < -0.3 is 19.7 Å². The average molecular weight is 663 g/mol. The molecule has 5 aliphatic heterocycles. The van der Waals surface area contributed by atoms with Gasteiger partial charge in [-0.2, -0.15) is 13.2 Å². The first-order chi connectivity index (χ1) is 21.8. The van der Waals surface area contributed by atoms with Gasteiger partial charge in [0, 0.05) is 31.3 Å². The molecule has 2 aromatic carbocycles. The van der Waals surface area contributed by atoms with Crippen molar-refractivity contribution < 1.29 is 40.7 Å². The van der Waals surface area contributed by atoms with E-state index in [1.165, 1.54) is 27.6 Å². The third-order valence-corrected chi connectivity index (χ3v) is 10.4. The number of aryl methyl sites for hydroxylation is 2. The van der Waals surface area contributed by atoms with Crippen LogP contribution < -0.4 is 10.1 Å². The molecular formula is C32H37F3N4O6S. The van der Waals surface area contributed by atoms with Gasteiger partial charge in [0.1, 0.15) is 23.7 Å². The number of fused-ring (bicyclic) bond motifs is 2. The van der Waals surface area contributed by atoms with E-state index >= 15 is 0 Å². The van der Waals surface area contributed by atoms with Crippen LogP contribution in [0, 0.1) is 6.92 Å². The van der Waals surface area contributed by atoms with Gasteiger partial charge in [0.15, 0.2) is 0 Å². The summed E-state index contributed by atoms with van der Waals surface area (Å²) in [5, 5.41) is 2.69. The fourth-order valence-corrected chi connectivity index (χ4v) is 7.20. The lowest BCUT2D eigenvalue weighted by Crippen LogP contribution is -2.50. The number of piperidine rings is 1. The summed E-state index contributed by atoms with van der Waals surface area (Å²) in [5.41, 5.74) is 0.208. The molecule has 7 bridgehead atoms. The minimum atomic E-state index is -4.66. The molecule has 1 fully saturated rings. The van der Waals surface area contributed by atoms with Gasteiger partial charge in [-0.3, -0.25) is 14.6 Å². The van der Waals surface area contributed by atoms with Crippen LogP contribution in [0.3, 0.4) is 0 Å². The number of likely N-dealkylation sites (N-methyl/N-ethyl adjacent to an activating group) is 1. The number of rotatable bonds is 0. The van der Waals surface area contributed by atoms with Crippen molar-refractivity contribution in [2.24, 2.45) is 4.99 Å². The van der Waals surface area contributed by atoms with Crippen molar-refractivity contribution in [2.45, 2.75) is 50.7 Å². The number of carbonyl (C=O) groups is 2. The molecule has 14 heteroatoms. The van der Waals surface area contributed by atoms with Gasteiger partial charge in [-0.25, -0.2) is 12.7 Å². The van der Waals surface area contributed by atoms with E-state index in [-0.39, 0.29) is 74.4 Å². The highest BCUT2D eigenvalue weighted by atomic mass is 32.2. The Morgan fingerprint density at radius 2 is 1.74 bits per heavy atom. The second kappa shape index (κ2) is 13.4. The summed E-state index contributed by atoms with van der Waals surface area (Å²) in [6.45, 7) is 2.55. The molecule has 7 rings (SSSR count). The molecule has 2 aromatic rings. The molecule has 1 spiro atoms. The van der Waals surface area contributed by atoms with Gasteiger partial charge in [0.05, 0.1) is 30.7 Å². The SMILES string of the molecule is Cc1cc2ccc1CCS(=O)(=O)N1CCC3(CC1)N=C(NC3=O)c1ccc(C(F)(F)F)c(c1)OCCCC=COCCN(C)C2=O. The van der Waals surface area contributed by atoms with Crippen LogP contribution >= 0.6 is 0 Å². The lowest BCUT2D eigenvalue weighted by atomic mass is 9.89. The summed E-state index contributed by atoms with van der Waals surface area (Å²) < 4.78 is 80.2. The minimum absolute atomic E-state index is 0.000594. The molecule has 0 atom stereocenters. The molecule has 248 valence electrons. The zero-order valence-electron chi connectivity index (χ0n) is 25.7. The Bertz CT molecular complexity index is 1650. The number of allylic oxidation sites excluding steroid dienone is 1. The maximum atomic E-state index is 13.8. The Labute approximate surface area is 266 Å². The van der Waals surface area contributed by atoms with E-state index < -0.39 is 33.2 Å². The molecule has 1 N–H and O–H groups in total. The first-order valence-corrected chi connectivity index (χ1v) is 16.8. The number of nitrogens with zero attached hydrogens (tertiary/aromatic N) is 3. The van der Waals surface area contributed by atoms with Crippen molar-refractivity contribution in [3.05, 3.63) is 76.6 Å². The second-order valence-corrected chi connectivity index (χ2v) is 13.8. The Morgan fingerprint density at radius 3 is 2.46 bits per heavy atom. The van der Waals surface area contributed by atoms with Gasteiger partial charge in [-0.15, -0.1) is 0 Å². The smallest absolute Gasteiger partial charge is 0.419 e. The van der Waals surface area contributed by atoms with E-state index in [1.807, 2.05) is 6.92 Å². The molecule has 0 aliphatic carbocycles. The number of nitrogens with one attached hydrogen (secondary N) is 1. The molecular weight excluding hydrogens is 625 g/mol. The standard InChI is InChI=1S/C32H37F3N4O6S/c1-22-20-25-7-6-23(22)10-19-46(42,43)39-13-11-31(12-14-39)30(41)36-28(37-31)24-8-9-26(32(33,34)35)27(21-24)45-17-5-3-4-16-44-18-15-38(2)29(25)40/h4,6-9,16,20-21H,3,5,10-15,17-19H2,1-2H3,(H,36,37,41). The summed E-state index contributed by atoms with van der Waals surface area (Å²) in [6.07, 6.45) is -0.0268. The molecule has 0 saturated carbocycles. The van der Waals surface area contributed by atoms with E-state index in [1.54, 1.807) is 31.3 Å². The third-order valence-electron chi connectivity index (χ3n) is 8.56. The van der Waals surface area contributed by atoms with E-state index in [4.69, 9.17) is 9.47 Å². The van der Waals surface area contributed by atoms with Gasteiger partial charge in [0.2, 0.25) is 10.0 Å². The van der Waals surface area contributed by atoms with Crippen molar-refractivity contribution in [3.63, 3.8) is 0 Å². The molecule has 2 amide bonds. The zero-order chi connectivity index (χ0) is 33.1. The molecule has 0 aromatic heterocycles. The van der Waals surface area contributed by atoms with Crippen molar-refractivity contribution in [1.29, 1.82) is 0 Å². The number of aliphatic imine (C=N–C) groups is 1. The van der Waals surface area contributed by atoms with E-state index in [0.717, 1.165) is 17.2 Å². The highest BCUT2D eigenvalue weighted by molar-refractivity contribution is 7.89. The first-order valence-electron chi connectivity index (χ1n) is 15.1. The normalized spacial score (nSPS) is 24.5. The molecule has 5 aliphatic rings. The number of hydrogen-bond acceptors (Lipinski definition) is 7. The number of carbonyl (C=O) groups excluding carboxylic acids is 2. The number of amidine groups is 1. The highest BCUT2D eigenvalue weighted by Gasteiger charge is 2.47. The Morgan fingerprint density at radius 1 is 1.00 bits per heavy atom. The quantitative estimate of drug-likeness (QED) is 0.455. The number of halogens is 3. The van der Waals surface area contributed by atoms with Crippen molar-refractivity contribution in [2.75, 3.05) is 45.6 Å². The van der Waals surface area contributed by atoms with Crippen LogP contribution in [0.4, 0.5) is 13.2 Å². The Kier molecular flexibility index (Phi) is 9.78. The van der Waals surface area contributed by atoms with Crippen LogP contribution in [0.5, 0.6) is 5.75 Å². The van der Waals surface area contributed by atoms with Crippen molar-refractivity contribution in [1.82, 2.24) is 14.5 Å². The summed E-state index contributed by atoms with van der Waals surface area (Å²) in [4.78, 5) is 32.2. The van der Waals surface area contributed by atoms with Crippen LogP contribution in [0.25, 0.3) is 0 Å². The summed E-state index contributed by atoms with van der Waals surface area (Å²) in [7, 11) is -2.01. The van der Waals surface area contributed by atoms with Crippen molar-refractivity contribution >= 4 is 27.7 Å². The largest absolute Gasteiger partial charge is 0.500 e. The third kappa shape index (κ3) is 7.38. The first kappa shape index (κ1) is 33.5. The molecule has 46 heavy (non-hydrogen) atoms. The summed E-state index contributed by atoms with van der Waals surface area (Å²) in [5.74, 6) is -1.01. The van der Waals surface area contributed by atoms with Gasteiger partial charge in [-0.05, 0) is 80.5 Å². The zero-order valence-corrected chi connectivity index (χ0v) is 26.5. The second-order valence-electron chi connectivity index (χ2n) is 11.7. The fourth-order valence-electron chi connectivity index (χ4n) is 5.73. The lowest BCUT2D eigenvalue weighted by molar-refractivity contribution is -0.139. The fraction of sp³-hybridized carbons (Fsp3) is 0.469. The molecule has 5 heterocycles. The predicted octanol–water partition coefficient (Wildman–Crippen LogP) is 4.07. The Hall–Kier alpha value is -3.91. The van der Waals surface area contributed by atoms with Crippen molar-refractivity contribution in [3.8, 4) is 5.75 Å². The number of amides is 2. The van der Waals surface area contributed by atoms with Gasteiger partial charge >= 0.3 is 6.18 Å². The average Bonchev–Trinajstić information content (AvgIpc) is 3.33. The molecule has 0 unspecified atom stereocenters. The Balaban J connectivity index is 1.39. The molecule has 0 radical (unpaired) electrons. The van der Waals surface area contributed by atoms with Crippen LogP contribution in [0.1, 0.15) is 58.3 Å². The lowest BCUT2D eigenvalue weighted by Gasteiger charge is -2.34. The summed E-state index contributed by atoms with van der Waals surface area (Å²) in [6, 6.07) is 8.58. The monoisotopic (exact) mass is 662 g/mol. The predicted molar refractivity (Wildman–Crippen MR) is 165 cm³/mol. The number of sulfonamides is 1. The van der Waals surface area contributed by atoms with Crippen LogP contribution in [0.15, 0.2) is 53.7 Å². The number of benzene rings is 2. The molecule has 10 nitrogen and oxygen atoms in total. The van der Waals surface area contributed by atoms with Gasteiger partial charge in [0.25, 0.3) is 11.8 Å². The number of alkyl halides is 3. The van der Waals surface area contributed by atoms with Crippen LogP contribution in [0.2, 0.25) is 0 Å². The van der Waals surface area contributed by atoms with E-state index in [9.17, 15) is 31.2 Å². The van der Waals surface area contributed by atoms with E-state index in [2.05, 4.69) is 10.3 Å². The molecule has 1 saturated heterocycles.